The van der Waals surface area contributed by atoms with Gasteiger partial charge in [0.25, 0.3) is 0 Å². The van der Waals surface area contributed by atoms with Gasteiger partial charge in [-0.1, -0.05) is 0 Å². The molecule has 0 amide bonds. The maximum atomic E-state index is 7.48. The summed E-state index contributed by atoms with van der Waals surface area (Å²) in [6, 6.07) is 52.0. The average molecular weight is 986 g/mol. The number of halogens is 3. The van der Waals surface area contributed by atoms with E-state index in [4.69, 9.17) is 8.95 Å². The minimum atomic E-state index is -2.58. The summed E-state index contributed by atoms with van der Waals surface area (Å²) >= 11 is -7.73. The quantitative estimate of drug-likeness (QED) is 0.0903. The second kappa shape index (κ2) is 17.1. The predicted octanol–water partition coefficient (Wildman–Crippen LogP) is 12.4. The number of rotatable bonds is 12. The van der Waals surface area contributed by atoms with E-state index in [9.17, 15) is 0 Å². The standard InChI is InChI=1S/C42H42BI3O3/c1-31-19-7-13-25-37(31)44(38-26-14-8-20-32(38)2)47-43(48-45(39-27-15-9-21-33(39)3)40-28-16-10-22-34(40)4)49-46(41-29-17-11-23-35(41)5)42-30-18-12-24-36(42)6/h7-30H,1-6H3. The van der Waals surface area contributed by atoms with E-state index in [2.05, 4.69) is 187 Å². The van der Waals surface area contributed by atoms with Gasteiger partial charge in [-0.15, -0.1) is 0 Å². The van der Waals surface area contributed by atoms with Gasteiger partial charge in [0.1, 0.15) is 0 Å². The van der Waals surface area contributed by atoms with Crippen LogP contribution in [-0.4, -0.2) is 7.32 Å². The Hall–Kier alpha value is -2.55. The van der Waals surface area contributed by atoms with Gasteiger partial charge in [0.2, 0.25) is 0 Å². The Kier molecular flexibility index (Phi) is 12.7. The topological polar surface area (TPSA) is 27.7 Å². The van der Waals surface area contributed by atoms with E-state index >= 15 is 0 Å². The van der Waals surface area contributed by atoms with E-state index in [-0.39, 0.29) is 0 Å². The first kappa shape index (κ1) is 36.3. The maximum absolute atomic E-state index is 7.48. The molecule has 0 bridgehead atoms. The summed E-state index contributed by atoms with van der Waals surface area (Å²) in [4.78, 5) is 0. The first-order valence-electron chi connectivity index (χ1n) is 16.3. The molecule has 0 aliphatic rings. The first-order chi connectivity index (χ1) is 23.8. The predicted molar refractivity (Wildman–Crippen MR) is 230 cm³/mol. The van der Waals surface area contributed by atoms with Crippen molar-refractivity contribution in [1.29, 1.82) is 0 Å². The van der Waals surface area contributed by atoms with Crippen molar-refractivity contribution in [2.24, 2.45) is 0 Å². The van der Waals surface area contributed by atoms with Gasteiger partial charge in [-0.2, -0.15) is 0 Å². The van der Waals surface area contributed by atoms with Gasteiger partial charge in [-0.3, -0.25) is 0 Å². The Labute approximate surface area is 315 Å². The van der Waals surface area contributed by atoms with Crippen LogP contribution < -0.4 is 0 Å². The van der Waals surface area contributed by atoms with Crippen molar-refractivity contribution in [3.8, 4) is 0 Å². The molecular weight excluding hydrogens is 944 g/mol. The zero-order valence-corrected chi connectivity index (χ0v) is 35.3. The van der Waals surface area contributed by atoms with E-state index in [0.717, 1.165) is 0 Å². The second-order valence-corrected chi connectivity index (χ2v) is 24.6. The van der Waals surface area contributed by atoms with Crippen LogP contribution >= 0.6 is 60.7 Å². The molecular formula is C42H42BI3O3. The zero-order valence-electron chi connectivity index (χ0n) is 28.8. The summed E-state index contributed by atoms with van der Waals surface area (Å²) < 4.78 is 30.0. The Morgan fingerprint density at radius 2 is 0.449 bits per heavy atom. The number of benzene rings is 6. The fourth-order valence-electron chi connectivity index (χ4n) is 5.34. The summed E-state index contributed by atoms with van der Waals surface area (Å²) in [5.41, 5.74) is 7.39. The normalized spacial score (nSPS) is 12.0. The molecule has 0 N–H and O–H groups in total. The second-order valence-electron chi connectivity index (χ2n) is 11.8. The Morgan fingerprint density at radius 3 is 0.612 bits per heavy atom. The number of hydrogen-bond acceptors (Lipinski definition) is 3. The Morgan fingerprint density at radius 1 is 0.286 bits per heavy atom. The van der Waals surface area contributed by atoms with Gasteiger partial charge in [0, 0.05) is 0 Å². The molecule has 0 fully saturated rings. The van der Waals surface area contributed by atoms with Crippen LogP contribution in [0.2, 0.25) is 0 Å². The fraction of sp³-hybridized carbons (Fsp3) is 0.143. The molecule has 0 atom stereocenters. The summed E-state index contributed by atoms with van der Waals surface area (Å²) in [5, 5.41) is 0. The molecule has 49 heavy (non-hydrogen) atoms. The van der Waals surface area contributed by atoms with Crippen molar-refractivity contribution >= 4 is 68.0 Å². The molecule has 0 saturated carbocycles. The molecule has 0 heterocycles. The SMILES string of the molecule is Cc1ccccc1I(OB(OI(c1ccccc1C)c1ccccc1C)OI(c1ccccc1C)c1ccccc1C)c1ccccc1C. The summed E-state index contributed by atoms with van der Waals surface area (Å²) in [6.45, 7) is 13.1. The Bertz CT molecular complexity index is 1670. The zero-order chi connectivity index (χ0) is 34.3. The molecule has 0 aromatic heterocycles. The van der Waals surface area contributed by atoms with E-state index in [1.54, 1.807) is 0 Å². The third-order valence-corrected chi connectivity index (χ3v) is 24.4. The van der Waals surface area contributed by atoms with Gasteiger partial charge in [0.15, 0.2) is 0 Å². The van der Waals surface area contributed by atoms with E-state index < -0.39 is 68.0 Å². The molecule has 0 aliphatic carbocycles. The summed E-state index contributed by atoms with van der Waals surface area (Å²) in [5.74, 6) is 0. The molecule has 0 aliphatic heterocycles. The van der Waals surface area contributed by atoms with Crippen LogP contribution in [0, 0.1) is 63.0 Å². The van der Waals surface area contributed by atoms with Crippen LogP contribution in [0.3, 0.4) is 0 Å². The number of aryl methyl sites for hydroxylation is 6. The van der Waals surface area contributed by atoms with Crippen LogP contribution in [0.1, 0.15) is 33.4 Å². The van der Waals surface area contributed by atoms with Crippen molar-refractivity contribution in [2.75, 3.05) is 0 Å². The van der Waals surface area contributed by atoms with Crippen LogP contribution in [0.15, 0.2) is 146 Å². The fourth-order valence-corrected chi connectivity index (χ4v) is 20.8. The van der Waals surface area contributed by atoms with Crippen LogP contribution in [0.4, 0.5) is 0 Å². The van der Waals surface area contributed by atoms with Crippen molar-refractivity contribution in [3.05, 3.63) is 200 Å². The summed E-state index contributed by atoms with van der Waals surface area (Å²) in [7, 11) is -0.863. The molecule has 252 valence electrons. The molecule has 0 spiro atoms. The van der Waals surface area contributed by atoms with Crippen molar-refractivity contribution in [1.82, 2.24) is 0 Å². The van der Waals surface area contributed by atoms with Gasteiger partial charge in [0.05, 0.1) is 0 Å². The Balaban J connectivity index is 1.54. The third-order valence-electron chi connectivity index (χ3n) is 8.05. The van der Waals surface area contributed by atoms with Crippen molar-refractivity contribution in [2.45, 2.75) is 41.5 Å². The molecule has 6 rings (SSSR count). The van der Waals surface area contributed by atoms with E-state index in [1.165, 1.54) is 54.8 Å². The third kappa shape index (κ3) is 8.68. The molecule has 0 unspecified atom stereocenters. The molecule has 3 nitrogen and oxygen atoms in total. The average Bonchev–Trinajstić information content (AvgIpc) is 3.10. The molecule has 6 aromatic rings. The minimum absolute atomic E-state index is 0.863. The van der Waals surface area contributed by atoms with Crippen molar-refractivity contribution in [3.63, 3.8) is 0 Å². The van der Waals surface area contributed by atoms with Crippen LogP contribution in [0.5, 0.6) is 0 Å². The monoisotopic (exact) mass is 986 g/mol. The molecule has 7 heteroatoms. The van der Waals surface area contributed by atoms with Crippen LogP contribution in [0.25, 0.3) is 0 Å². The van der Waals surface area contributed by atoms with Gasteiger partial charge < -0.3 is 0 Å². The van der Waals surface area contributed by atoms with Gasteiger partial charge in [-0.25, -0.2) is 0 Å². The number of hydrogen-bond donors (Lipinski definition) is 0. The van der Waals surface area contributed by atoms with E-state index in [1.807, 2.05) is 0 Å². The van der Waals surface area contributed by atoms with Crippen molar-refractivity contribution < 1.29 is 8.95 Å². The summed E-state index contributed by atoms with van der Waals surface area (Å²) in [6.07, 6.45) is 0. The van der Waals surface area contributed by atoms with Crippen LogP contribution in [-0.2, 0) is 8.95 Å². The first-order valence-corrected chi connectivity index (χ1v) is 25.4. The van der Waals surface area contributed by atoms with Gasteiger partial charge >= 0.3 is 319 Å². The van der Waals surface area contributed by atoms with Gasteiger partial charge in [-0.05, 0) is 0 Å². The molecule has 0 radical (unpaired) electrons. The molecule has 0 saturated heterocycles. The molecule has 6 aromatic carbocycles. The van der Waals surface area contributed by atoms with E-state index in [0.29, 0.717) is 0 Å².